The zero-order valence-corrected chi connectivity index (χ0v) is 21.4. The van der Waals surface area contributed by atoms with Crippen molar-refractivity contribution >= 4 is 23.2 Å². The van der Waals surface area contributed by atoms with Gasteiger partial charge in [-0.15, -0.1) is 0 Å². The number of amides is 1. The van der Waals surface area contributed by atoms with Crippen molar-refractivity contribution in [1.82, 2.24) is 10.3 Å². The fourth-order valence-corrected chi connectivity index (χ4v) is 4.92. The summed E-state index contributed by atoms with van der Waals surface area (Å²) in [6.45, 7) is 7.22. The molecule has 5 nitrogen and oxygen atoms in total. The lowest BCUT2D eigenvalue weighted by Gasteiger charge is -2.40. The normalized spacial score (nSPS) is 18.1. The number of carbonyl (C=O) groups excluding carboxylic acids is 1. The van der Waals surface area contributed by atoms with Gasteiger partial charge in [-0.1, -0.05) is 29.3 Å². The van der Waals surface area contributed by atoms with E-state index in [1.54, 1.807) is 18.3 Å². The van der Waals surface area contributed by atoms with Crippen molar-refractivity contribution in [2.45, 2.75) is 52.0 Å². The second kappa shape index (κ2) is 11.1. The van der Waals surface area contributed by atoms with Gasteiger partial charge in [0.1, 0.15) is 11.3 Å². The number of aryl methyl sites for hydroxylation is 1. The van der Waals surface area contributed by atoms with E-state index in [1.165, 1.54) is 0 Å². The first-order valence-electron chi connectivity index (χ1n) is 12.3. The summed E-state index contributed by atoms with van der Waals surface area (Å²) in [6.07, 6.45) is 6.08. The van der Waals surface area contributed by atoms with Crippen LogP contribution in [0.25, 0.3) is 0 Å². The fraction of sp³-hybridized carbons (Fsp3) is 0.379. The van der Waals surface area contributed by atoms with Gasteiger partial charge in [0, 0.05) is 29.0 Å². The van der Waals surface area contributed by atoms with Crippen LogP contribution in [0.15, 0.2) is 66.9 Å². The van der Waals surface area contributed by atoms with Crippen molar-refractivity contribution < 1.29 is 9.53 Å². The SMILES string of the molecule is Cc1ccc(Oc2ncccc2C(=O)NCC2CCC(C(C)(C)Nc3ccc(Cl)cc3)CC2)cc1. The summed E-state index contributed by atoms with van der Waals surface area (Å²) in [7, 11) is 0. The Balaban J connectivity index is 1.28. The minimum Gasteiger partial charge on any atom is -0.438 e. The molecule has 1 heterocycles. The number of halogens is 1. The molecule has 1 aromatic heterocycles. The van der Waals surface area contributed by atoms with Crippen LogP contribution < -0.4 is 15.4 Å². The number of pyridine rings is 1. The molecule has 0 aliphatic heterocycles. The zero-order valence-electron chi connectivity index (χ0n) is 20.7. The summed E-state index contributed by atoms with van der Waals surface area (Å²) in [5.74, 6) is 1.88. The Morgan fingerprint density at radius 3 is 2.40 bits per heavy atom. The summed E-state index contributed by atoms with van der Waals surface area (Å²) in [4.78, 5) is 17.2. The van der Waals surface area contributed by atoms with Gasteiger partial charge < -0.3 is 15.4 Å². The van der Waals surface area contributed by atoms with Gasteiger partial charge in [0.15, 0.2) is 0 Å². The minimum absolute atomic E-state index is 0.0139. The molecule has 0 unspecified atom stereocenters. The highest BCUT2D eigenvalue weighted by Crippen LogP contribution is 2.37. The second-order valence-corrected chi connectivity index (χ2v) is 10.5. The van der Waals surface area contributed by atoms with Crippen LogP contribution in [0.2, 0.25) is 5.02 Å². The third-order valence-electron chi connectivity index (χ3n) is 6.98. The van der Waals surface area contributed by atoms with E-state index < -0.39 is 0 Å². The summed E-state index contributed by atoms with van der Waals surface area (Å²) >= 11 is 6.02. The number of nitrogens with one attached hydrogen (secondary N) is 2. The average molecular weight is 492 g/mol. The van der Waals surface area contributed by atoms with E-state index in [2.05, 4.69) is 29.5 Å². The Hall–Kier alpha value is -3.05. The molecule has 2 N–H and O–H groups in total. The molecule has 1 aliphatic rings. The lowest BCUT2D eigenvalue weighted by atomic mass is 9.73. The van der Waals surface area contributed by atoms with Gasteiger partial charge in [-0.2, -0.15) is 0 Å². The van der Waals surface area contributed by atoms with Gasteiger partial charge in [-0.05, 0) is 107 Å². The first-order chi connectivity index (χ1) is 16.8. The summed E-state index contributed by atoms with van der Waals surface area (Å²) in [6, 6.07) is 19.1. The first-order valence-corrected chi connectivity index (χ1v) is 12.7. The maximum atomic E-state index is 13.0. The van der Waals surface area contributed by atoms with Crippen LogP contribution in [0.4, 0.5) is 5.69 Å². The van der Waals surface area contributed by atoms with Crippen LogP contribution in [0.3, 0.4) is 0 Å². The van der Waals surface area contributed by atoms with Gasteiger partial charge in [0.05, 0.1) is 0 Å². The highest BCUT2D eigenvalue weighted by atomic mass is 35.5. The van der Waals surface area contributed by atoms with Crippen LogP contribution in [-0.2, 0) is 0 Å². The number of nitrogens with zero attached hydrogens (tertiary/aromatic N) is 1. The number of carbonyl (C=O) groups is 1. The van der Waals surface area contributed by atoms with Gasteiger partial charge >= 0.3 is 0 Å². The molecule has 1 saturated carbocycles. The van der Waals surface area contributed by atoms with E-state index in [9.17, 15) is 4.79 Å². The predicted octanol–water partition coefficient (Wildman–Crippen LogP) is 7.26. The number of benzene rings is 2. The van der Waals surface area contributed by atoms with E-state index in [0.717, 1.165) is 42.0 Å². The van der Waals surface area contributed by atoms with Crippen molar-refractivity contribution in [3.05, 3.63) is 83.0 Å². The van der Waals surface area contributed by atoms with Gasteiger partial charge in [0.25, 0.3) is 5.91 Å². The van der Waals surface area contributed by atoms with Crippen LogP contribution in [0.5, 0.6) is 11.6 Å². The maximum absolute atomic E-state index is 13.0. The van der Waals surface area contributed by atoms with Crippen molar-refractivity contribution in [3.63, 3.8) is 0 Å². The van der Waals surface area contributed by atoms with Crippen molar-refractivity contribution in [2.24, 2.45) is 11.8 Å². The smallest absolute Gasteiger partial charge is 0.256 e. The maximum Gasteiger partial charge on any atom is 0.256 e. The standard InChI is InChI=1S/C29H34ClN3O2/c1-20-6-16-25(17-7-20)35-28-26(5-4-18-31-28)27(34)32-19-21-8-10-22(11-9-21)29(2,3)33-24-14-12-23(30)13-15-24/h4-7,12-18,21-22,33H,8-11,19H2,1-3H3,(H,32,34). The molecule has 0 bridgehead atoms. The minimum atomic E-state index is -0.146. The number of aromatic nitrogens is 1. The number of ether oxygens (including phenoxy) is 1. The van der Waals surface area contributed by atoms with E-state index in [-0.39, 0.29) is 11.4 Å². The van der Waals surface area contributed by atoms with Crippen molar-refractivity contribution in [1.29, 1.82) is 0 Å². The van der Waals surface area contributed by atoms with E-state index in [0.29, 0.717) is 35.6 Å². The van der Waals surface area contributed by atoms with E-state index in [1.807, 2.05) is 55.5 Å². The molecule has 35 heavy (non-hydrogen) atoms. The van der Waals surface area contributed by atoms with Gasteiger partial charge in [0.2, 0.25) is 5.88 Å². The molecule has 2 aromatic carbocycles. The second-order valence-electron chi connectivity index (χ2n) is 10.1. The highest BCUT2D eigenvalue weighted by molar-refractivity contribution is 6.30. The molecular weight excluding hydrogens is 458 g/mol. The lowest BCUT2D eigenvalue weighted by molar-refractivity contribution is 0.0935. The Kier molecular flexibility index (Phi) is 7.97. The van der Waals surface area contributed by atoms with Crippen molar-refractivity contribution in [3.8, 4) is 11.6 Å². The van der Waals surface area contributed by atoms with Crippen molar-refractivity contribution in [2.75, 3.05) is 11.9 Å². The lowest BCUT2D eigenvalue weighted by Crippen LogP contribution is -2.42. The number of anilines is 1. The third kappa shape index (κ3) is 6.76. The van der Waals surface area contributed by atoms with Gasteiger partial charge in [-0.3, -0.25) is 4.79 Å². The fourth-order valence-electron chi connectivity index (χ4n) is 4.79. The van der Waals surface area contributed by atoms with Gasteiger partial charge in [-0.25, -0.2) is 4.98 Å². The quantitative estimate of drug-likeness (QED) is 0.348. The Labute approximate surface area is 213 Å². The molecule has 1 aliphatic carbocycles. The number of rotatable bonds is 8. The predicted molar refractivity (Wildman–Crippen MR) is 142 cm³/mol. The third-order valence-corrected chi connectivity index (χ3v) is 7.23. The zero-order chi connectivity index (χ0) is 24.8. The molecule has 0 atom stereocenters. The van der Waals surface area contributed by atoms with Crippen LogP contribution in [-0.4, -0.2) is 23.0 Å². The summed E-state index contributed by atoms with van der Waals surface area (Å²) in [5, 5.41) is 7.54. The highest BCUT2D eigenvalue weighted by Gasteiger charge is 2.33. The molecule has 4 rings (SSSR count). The monoisotopic (exact) mass is 491 g/mol. The molecular formula is C29H34ClN3O2. The molecule has 184 valence electrons. The van der Waals surface area contributed by atoms with Crippen LogP contribution in [0.1, 0.15) is 55.5 Å². The Bertz CT molecular complexity index is 1120. The Morgan fingerprint density at radius 1 is 1.03 bits per heavy atom. The van der Waals surface area contributed by atoms with E-state index >= 15 is 0 Å². The number of hydrogen-bond donors (Lipinski definition) is 2. The number of hydrogen-bond acceptors (Lipinski definition) is 4. The molecule has 1 amide bonds. The van der Waals surface area contributed by atoms with Crippen LogP contribution >= 0.6 is 11.6 Å². The molecule has 0 radical (unpaired) electrons. The molecule has 3 aromatic rings. The largest absolute Gasteiger partial charge is 0.438 e. The first kappa shape index (κ1) is 25.1. The summed E-state index contributed by atoms with van der Waals surface area (Å²) < 4.78 is 5.90. The molecule has 0 spiro atoms. The topological polar surface area (TPSA) is 63.2 Å². The average Bonchev–Trinajstić information content (AvgIpc) is 2.86. The molecule has 0 saturated heterocycles. The van der Waals surface area contributed by atoms with E-state index in [4.69, 9.17) is 16.3 Å². The molecule has 6 heteroatoms. The summed E-state index contributed by atoms with van der Waals surface area (Å²) in [5.41, 5.74) is 2.68. The Morgan fingerprint density at radius 2 is 1.71 bits per heavy atom. The van der Waals surface area contributed by atoms with Crippen LogP contribution in [0, 0.1) is 18.8 Å². The molecule has 1 fully saturated rings.